The first-order valence-corrected chi connectivity index (χ1v) is 8.21. The number of benzene rings is 2. The summed E-state index contributed by atoms with van der Waals surface area (Å²) in [6.07, 6.45) is 1.65. The molecule has 0 saturated heterocycles. The van der Waals surface area contributed by atoms with Crippen LogP contribution in [0.15, 0.2) is 54.7 Å². The molecule has 0 spiro atoms. The first-order chi connectivity index (χ1) is 12.6. The molecule has 0 aliphatic carbocycles. The van der Waals surface area contributed by atoms with E-state index in [2.05, 4.69) is 25.8 Å². The molecule has 8 heteroatoms. The van der Waals surface area contributed by atoms with E-state index < -0.39 is 0 Å². The van der Waals surface area contributed by atoms with Crippen LogP contribution in [0.2, 0.25) is 5.02 Å². The van der Waals surface area contributed by atoms with Gasteiger partial charge in [-0.05, 0) is 53.7 Å². The smallest absolute Gasteiger partial charge is 0.257 e. The molecule has 2 heterocycles. The van der Waals surface area contributed by atoms with Crippen molar-refractivity contribution in [2.45, 2.75) is 6.92 Å². The second kappa shape index (κ2) is 6.53. The van der Waals surface area contributed by atoms with Gasteiger partial charge in [0.15, 0.2) is 5.82 Å². The molecule has 0 fully saturated rings. The molecule has 2 aromatic carbocycles. The van der Waals surface area contributed by atoms with E-state index in [1.54, 1.807) is 48.1 Å². The van der Waals surface area contributed by atoms with Crippen molar-refractivity contribution in [1.29, 1.82) is 0 Å². The topological polar surface area (TPSA) is 85.6 Å². The predicted molar refractivity (Wildman–Crippen MR) is 98.6 cm³/mol. The Bertz CT molecular complexity index is 1120. The lowest BCUT2D eigenvalue weighted by Gasteiger charge is -2.10. The summed E-state index contributed by atoms with van der Waals surface area (Å²) in [5, 5.41) is 15.6. The summed E-state index contributed by atoms with van der Waals surface area (Å²) in [6, 6.07) is 14.3. The number of anilines is 1. The molecule has 128 valence electrons. The molecule has 4 rings (SSSR count). The Balaban J connectivity index is 1.69. The monoisotopic (exact) mass is 364 g/mol. The van der Waals surface area contributed by atoms with Crippen molar-refractivity contribution >= 4 is 34.1 Å². The SMILES string of the molecule is Cc1nnnn1-c1cccc(NC(=O)c2cc(Cl)cc3cccnc23)c1. The number of aromatic nitrogens is 5. The van der Waals surface area contributed by atoms with Gasteiger partial charge in [0.05, 0.1) is 16.8 Å². The first-order valence-electron chi connectivity index (χ1n) is 7.83. The molecule has 2 aromatic heterocycles. The number of nitrogens with zero attached hydrogens (tertiary/aromatic N) is 5. The highest BCUT2D eigenvalue weighted by molar-refractivity contribution is 6.32. The molecule has 0 radical (unpaired) electrons. The van der Waals surface area contributed by atoms with E-state index in [4.69, 9.17) is 11.6 Å². The summed E-state index contributed by atoms with van der Waals surface area (Å²) in [5.41, 5.74) is 2.38. The van der Waals surface area contributed by atoms with E-state index in [9.17, 15) is 4.79 Å². The minimum Gasteiger partial charge on any atom is -0.322 e. The zero-order chi connectivity index (χ0) is 18.1. The van der Waals surface area contributed by atoms with Gasteiger partial charge in [-0.15, -0.1) is 5.10 Å². The molecule has 26 heavy (non-hydrogen) atoms. The summed E-state index contributed by atoms with van der Waals surface area (Å²) in [5.74, 6) is 0.361. The zero-order valence-electron chi connectivity index (χ0n) is 13.7. The van der Waals surface area contributed by atoms with Crippen LogP contribution in [-0.2, 0) is 0 Å². The molecular formula is C18H13ClN6O. The summed E-state index contributed by atoms with van der Waals surface area (Å²) in [7, 11) is 0. The molecule has 0 unspecified atom stereocenters. The van der Waals surface area contributed by atoms with E-state index in [-0.39, 0.29) is 5.91 Å². The van der Waals surface area contributed by atoms with Crippen LogP contribution >= 0.6 is 11.6 Å². The van der Waals surface area contributed by atoms with Crippen LogP contribution in [-0.4, -0.2) is 31.1 Å². The van der Waals surface area contributed by atoms with E-state index in [1.807, 2.05) is 18.2 Å². The Morgan fingerprint density at radius 1 is 1.15 bits per heavy atom. The van der Waals surface area contributed by atoms with Crippen molar-refractivity contribution in [3.63, 3.8) is 0 Å². The van der Waals surface area contributed by atoms with Gasteiger partial charge in [0.2, 0.25) is 0 Å². The van der Waals surface area contributed by atoms with Gasteiger partial charge < -0.3 is 5.32 Å². The number of carbonyl (C=O) groups excluding carboxylic acids is 1. The van der Waals surface area contributed by atoms with E-state index in [1.165, 1.54) is 0 Å². The first kappa shape index (κ1) is 16.2. The number of carbonyl (C=O) groups is 1. The van der Waals surface area contributed by atoms with Crippen molar-refractivity contribution in [2.24, 2.45) is 0 Å². The number of amides is 1. The van der Waals surface area contributed by atoms with Crippen LogP contribution in [0.5, 0.6) is 0 Å². The van der Waals surface area contributed by atoms with Gasteiger partial charge in [-0.3, -0.25) is 9.78 Å². The lowest BCUT2D eigenvalue weighted by molar-refractivity contribution is 0.102. The van der Waals surface area contributed by atoms with Crippen LogP contribution in [0.25, 0.3) is 16.6 Å². The van der Waals surface area contributed by atoms with Gasteiger partial charge in [0.25, 0.3) is 5.91 Å². The van der Waals surface area contributed by atoms with Gasteiger partial charge in [0.1, 0.15) is 0 Å². The standard InChI is InChI=1S/C18H13ClN6O/c1-11-22-23-24-25(11)15-6-2-5-14(10-15)21-18(26)16-9-13(19)8-12-4-3-7-20-17(12)16/h2-10H,1H3,(H,21,26). The number of aryl methyl sites for hydroxylation is 1. The molecule has 0 aliphatic heterocycles. The molecule has 1 N–H and O–H groups in total. The Morgan fingerprint density at radius 2 is 2.04 bits per heavy atom. The fraction of sp³-hybridized carbons (Fsp3) is 0.0556. The van der Waals surface area contributed by atoms with Gasteiger partial charge >= 0.3 is 0 Å². The van der Waals surface area contributed by atoms with Gasteiger partial charge in [0, 0.05) is 22.3 Å². The number of halogens is 1. The quantitative estimate of drug-likeness (QED) is 0.602. The average molecular weight is 365 g/mol. The zero-order valence-corrected chi connectivity index (χ0v) is 14.5. The summed E-state index contributed by atoms with van der Waals surface area (Å²) < 4.78 is 1.59. The third kappa shape index (κ3) is 3.00. The Hall–Kier alpha value is -3.32. The van der Waals surface area contributed by atoms with Crippen molar-refractivity contribution in [2.75, 3.05) is 5.32 Å². The lowest BCUT2D eigenvalue weighted by atomic mass is 10.1. The largest absolute Gasteiger partial charge is 0.322 e. The maximum atomic E-state index is 12.8. The molecular weight excluding hydrogens is 352 g/mol. The minimum absolute atomic E-state index is 0.290. The third-order valence-corrected chi connectivity index (χ3v) is 4.11. The van der Waals surface area contributed by atoms with Crippen LogP contribution in [0.1, 0.15) is 16.2 Å². The number of fused-ring (bicyclic) bond motifs is 1. The number of rotatable bonds is 3. The van der Waals surface area contributed by atoms with Crippen LogP contribution in [0, 0.1) is 6.92 Å². The molecule has 0 atom stereocenters. The molecule has 0 bridgehead atoms. The molecule has 1 amide bonds. The highest BCUT2D eigenvalue weighted by atomic mass is 35.5. The Labute approximate surface area is 153 Å². The van der Waals surface area contributed by atoms with Gasteiger partial charge in [-0.1, -0.05) is 23.7 Å². The lowest BCUT2D eigenvalue weighted by Crippen LogP contribution is -2.13. The Kier molecular flexibility index (Phi) is 4.06. The molecule has 7 nitrogen and oxygen atoms in total. The molecule has 4 aromatic rings. The second-order valence-electron chi connectivity index (χ2n) is 5.67. The fourth-order valence-corrected chi connectivity index (χ4v) is 2.94. The number of nitrogens with one attached hydrogen (secondary N) is 1. The maximum Gasteiger partial charge on any atom is 0.257 e. The van der Waals surface area contributed by atoms with Gasteiger partial charge in [-0.25, -0.2) is 0 Å². The average Bonchev–Trinajstić information content (AvgIpc) is 3.07. The van der Waals surface area contributed by atoms with E-state index in [0.29, 0.717) is 27.6 Å². The third-order valence-electron chi connectivity index (χ3n) is 3.89. The minimum atomic E-state index is -0.290. The van der Waals surface area contributed by atoms with Crippen molar-refractivity contribution in [1.82, 2.24) is 25.2 Å². The van der Waals surface area contributed by atoms with Crippen LogP contribution < -0.4 is 5.32 Å². The highest BCUT2D eigenvalue weighted by Crippen LogP contribution is 2.23. The second-order valence-corrected chi connectivity index (χ2v) is 6.11. The summed E-state index contributed by atoms with van der Waals surface area (Å²) in [4.78, 5) is 17.1. The number of hydrogen-bond acceptors (Lipinski definition) is 5. The van der Waals surface area contributed by atoms with Crippen LogP contribution in [0.4, 0.5) is 5.69 Å². The maximum absolute atomic E-state index is 12.8. The molecule has 0 saturated carbocycles. The number of hydrogen-bond donors (Lipinski definition) is 1. The van der Waals surface area contributed by atoms with Gasteiger partial charge in [-0.2, -0.15) is 4.68 Å². The predicted octanol–water partition coefficient (Wildman–Crippen LogP) is 3.42. The normalized spacial score (nSPS) is 10.8. The highest BCUT2D eigenvalue weighted by Gasteiger charge is 2.13. The van der Waals surface area contributed by atoms with E-state index >= 15 is 0 Å². The van der Waals surface area contributed by atoms with Crippen molar-refractivity contribution < 1.29 is 4.79 Å². The van der Waals surface area contributed by atoms with Crippen molar-refractivity contribution in [3.05, 3.63) is 71.1 Å². The fourth-order valence-electron chi connectivity index (χ4n) is 2.71. The summed E-state index contributed by atoms with van der Waals surface area (Å²) in [6.45, 7) is 1.80. The van der Waals surface area contributed by atoms with Crippen molar-refractivity contribution in [3.8, 4) is 5.69 Å². The number of tetrazole rings is 1. The molecule has 0 aliphatic rings. The van der Waals surface area contributed by atoms with E-state index in [0.717, 1.165) is 11.1 Å². The number of pyridine rings is 1. The summed E-state index contributed by atoms with van der Waals surface area (Å²) >= 11 is 6.15. The Morgan fingerprint density at radius 3 is 2.85 bits per heavy atom. The van der Waals surface area contributed by atoms with Crippen LogP contribution in [0.3, 0.4) is 0 Å².